The number of ether oxygens (including phenoxy) is 4. The zero-order chi connectivity index (χ0) is 21.8. The van der Waals surface area contributed by atoms with Crippen LogP contribution < -0.4 is 0 Å². The van der Waals surface area contributed by atoms with E-state index in [1.54, 1.807) is 0 Å². The third-order valence-corrected chi connectivity index (χ3v) is 8.91. The van der Waals surface area contributed by atoms with Crippen molar-refractivity contribution in [2.45, 2.75) is 76.0 Å². The lowest BCUT2D eigenvalue weighted by Gasteiger charge is -2.46. The van der Waals surface area contributed by atoms with Gasteiger partial charge in [0.05, 0.1) is 22.9 Å². The van der Waals surface area contributed by atoms with Gasteiger partial charge in [0.1, 0.15) is 12.2 Å². The number of hydrogen-bond donors (Lipinski definition) is 3. The highest BCUT2D eigenvalue weighted by Gasteiger charge is 3.02. The zero-order valence-electron chi connectivity index (χ0n) is 16.9. The smallest absolute Gasteiger partial charge is 0.342 e. The first kappa shape index (κ1) is 19.0. The molecule has 164 valence electrons. The van der Waals surface area contributed by atoms with E-state index in [4.69, 9.17) is 18.9 Å². The summed E-state index contributed by atoms with van der Waals surface area (Å²) in [5, 5.41) is 34.4. The second kappa shape index (κ2) is 4.69. The first-order chi connectivity index (χ1) is 13.8. The van der Waals surface area contributed by atoms with Gasteiger partial charge < -0.3 is 34.3 Å². The summed E-state index contributed by atoms with van der Waals surface area (Å²) < 4.78 is 22.6. The van der Waals surface area contributed by atoms with Crippen molar-refractivity contribution in [1.82, 2.24) is 0 Å². The van der Waals surface area contributed by atoms with Gasteiger partial charge in [-0.25, -0.2) is 9.59 Å². The molecule has 2 saturated carbocycles. The van der Waals surface area contributed by atoms with Gasteiger partial charge >= 0.3 is 17.9 Å². The van der Waals surface area contributed by atoms with Crippen LogP contribution in [0.15, 0.2) is 0 Å². The number of esters is 3. The summed E-state index contributed by atoms with van der Waals surface area (Å²) in [4.78, 5) is 38.2. The van der Waals surface area contributed by atoms with Crippen LogP contribution in [-0.2, 0) is 33.3 Å². The lowest BCUT2D eigenvalue weighted by atomic mass is 9.51. The Morgan fingerprint density at radius 1 is 1.03 bits per heavy atom. The van der Waals surface area contributed by atoms with Gasteiger partial charge in [-0.15, -0.1) is 0 Å². The quantitative estimate of drug-likeness (QED) is 0.314. The first-order valence-electron chi connectivity index (χ1n) is 10.2. The van der Waals surface area contributed by atoms with Crippen molar-refractivity contribution in [3.8, 4) is 0 Å². The minimum atomic E-state index is -2.12. The molecule has 0 amide bonds. The lowest BCUT2D eigenvalue weighted by Crippen LogP contribution is -2.66. The molecule has 0 bridgehead atoms. The molecule has 10 nitrogen and oxygen atoms in total. The largest absolute Gasteiger partial charge is 0.459 e. The molecule has 0 aromatic heterocycles. The number of fused-ring (bicyclic) bond motifs is 1. The maximum atomic E-state index is 13.4. The fourth-order valence-electron chi connectivity index (χ4n) is 8.22. The molecule has 2 aliphatic carbocycles. The Hall–Kier alpha value is -1.75. The Morgan fingerprint density at radius 2 is 1.70 bits per heavy atom. The molecule has 6 aliphatic rings. The predicted octanol–water partition coefficient (Wildman–Crippen LogP) is -1.37. The van der Waals surface area contributed by atoms with Crippen molar-refractivity contribution < 1.29 is 48.7 Å². The second-order valence-electron chi connectivity index (χ2n) is 10.7. The molecule has 6 rings (SSSR count). The summed E-state index contributed by atoms with van der Waals surface area (Å²) in [6.45, 7) is 6.97. The van der Waals surface area contributed by atoms with Crippen LogP contribution in [0.25, 0.3) is 0 Å². The Morgan fingerprint density at radius 3 is 2.33 bits per heavy atom. The summed E-state index contributed by atoms with van der Waals surface area (Å²) in [7, 11) is 0. The van der Waals surface area contributed by atoms with Gasteiger partial charge in [-0.3, -0.25) is 4.79 Å². The standard InChI is InChI=1S/C20H24O10/c1-6-12(23)27-7-5-17-11-8(21)9(16(2,3)4)18(17)10(22)13(24)29-15(18)30-20(17,14(25)28-11)19(6,7)26/h6-11,15,21-22,26H,5H2,1-4H3/t6-,7+,8-,9+,10+,11-,15+,17-,18+,19-,20-/m1/s1. The van der Waals surface area contributed by atoms with E-state index in [1.165, 1.54) is 6.92 Å². The van der Waals surface area contributed by atoms with Crippen LogP contribution >= 0.6 is 0 Å². The van der Waals surface area contributed by atoms with E-state index >= 15 is 0 Å². The summed E-state index contributed by atoms with van der Waals surface area (Å²) >= 11 is 0. The third-order valence-electron chi connectivity index (χ3n) is 8.91. The highest BCUT2D eigenvalue weighted by molar-refractivity contribution is 5.93. The summed E-state index contributed by atoms with van der Waals surface area (Å²) in [6, 6.07) is 0. The Kier molecular flexibility index (Phi) is 2.97. The van der Waals surface area contributed by atoms with Crippen molar-refractivity contribution in [2.24, 2.45) is 28.1 Å². The average molecular weight is 424 g/mol. The number of hydrogen-bond acceptors (Lipinski definition) is 10. The molecule has 30 heavy (non-hydrogen) atoms. The molecule has 0 unspecified atom stereocenters. The van der Waals surface area contributed by atoms with Crippen LogP contribution in [0.1, 0.15) is 34.1 Å². The SMILES string of the molecule is C[C@@H]1C(=O)O[C@H]2C[C@]34[C@@H]5OC(=O)[C@]3(O[C@@H]3OC(=O)[C@H](O)[C@@]34[C@H](C(C)(C)C)[C@H]5O)[C@]21O. The first-order valence-corrected chi connectivity index (χ1v) is 10.2. The number of carbonyl (C=O) groups excluding carboxylic acids is 3. The molecule has 11 atom stereocenters. The zero-order valence-corrected chi connectivity index (χ0v) is 16.9. The molecule has 0 radical (unpaired) electrons. The van der Waals surface area contributed by atoms with Crippen LogP contribution in [0, 0.1) is 28.1 Å². The molecule has 3 N–H and O–H groups in total. The molecule has 4 aliphatic heterocycles. The van der Waals surface area contributed by atoms with Crippen LogP contribution in [0.5, 0.6) is 0 Å². The maximum Gasteiger partial charge on any atom is 0.342 e. The molecular weight excluding hydrogens is 400 g/mol. The summed E-state index contributed by atoms with van der Waals surface area (Å²) in [5.74, 6) is -4.43. The van der Waals surface area contributed by atoms with E-state index in [0.717, 1.165) is 0 Å². The van der Waals surface area contributed by atoms with E-state index in [2.05, 4.69) is 0 Å². The molecule has 2 spiro atoms. The van der Waals surface area contributed by atoms with Gasteiger partial charge in [0.2, 0.25) is 11.9 Å². The summed E-state index contributed by atoms with van der Waals surface area (Å²) in [5.41, 5.74) is -7.95. The van der Waals surface area contributed by atoms with Crippen LogP contribution in [0.3, 0.4) is 0 Å². The summed E-state index contributed by atoms with van der Waals surface area (Å²) in [6.07, 6.45) is -6.73. The highest BCUT2D eigenvalue weighted by Crippen LogP contribution is 2.84. The van der Waals surface area contributed by atoms with Gasteiger partial charge in [0.25, 0.3) is 0 Å². The molecule has 4 saturated heterocycles. The van der Waals surface area contributed by atoms with Gasteiger partial charge in [-0.2, -0.15) is 0 Å². The molecular formula is C20H24O10. The fourth-order valence-corrected chi connectivity index (χ4v) is 8.22. The molecule has 0 aromatic rings. The predicted molar refractivity (Wildman–Crippen MR) is 92.0 cm³/mol. The van der Waals surface area contributed by atoms with Gasteiger partial charge in [0, 0.05) is 12.3 Å². The highest BCUT2D eigenvalue weighted by atomic mass is 16.8. The van der Waals surface area contributed by atoms with Crippen molar-refractivity contribution in [1.29, 1.82) is 0 Å². The van der Waals surface area contributed by atoms with E-state index < -0.39 is 87.9 Å². The van der Waals surface area contributed by atoms with E-state index in [-0.39, 0.29) is 6.42 Å². The lowest BCUT2D eigenvalue weighted by molar-refractivity contribution is -0.239. The number of rotatable bonds is 0. The number of aliphatic hydroxyl groups excluding tert-OH is 2. The van der Waals surface area contributed by atoms with Crippen LogP contribution in [0.4, 0.5) is 0 Å². The topological polar surface area (TPSA) is 149 Å². The minimum Gasteiger partial charge on any atom is -0.459 e. The van der Waals surface area contributed by atoms with Crippen molar-refractivity contribution in [3.63, 3.8) is 0 Å². The average Bonchev–Trinajstić information content (AvgIpc) is 3.32. The van der Waals surface area contributed by atoms with Crippen molar-refractivity contribution in [3.05, 3.63) is 0 Å². The van der Waals surface area contributed by atoms with Crippen molar-refractivity contribution >= 4 is 17.9 Å². The third kappa shape index (κ3) is 1.35. The van der Waals surface area contributed by atoms with Crippen LogP contribution in [0.2, 0.25) is 0 Å². The second-order valence-corrected chi connectivity index (χ2v) is 10.7. The van der Waals surface area contributed by atoms with Crippen molar-refractivity contribution in [2.75, 3.05) is 0 Å². The maximum absolute atomic E-state index is 13.4. The van der Waals surface area contributed by atoms with E-state index in [9.17, 15) is 29.7 Å². The number of carbonyl (C=O) groups is 3. The fraction of sp³-hybridized carbons (Fsp3) is 0.850. The van der Waals surface area contributed by atoms with Gasteiger partial charge in [-0.05, 0) is 12.3 Å². The molecule has 6 fully saturated rings. The Labute approximate surface area is 171 Å². The number of aliphatic hydroxyl groups is 3. The minimum absolute atomic E-state index is 0.107. The monoisotopic (exact) mass is 424 g/mol. The van der Waals surface area contributed by atoms with Gasteiger partial charge in [-0.1, -0.05) is 20.8 Å². The van der Waals surface area contributed by atoms with E-state index in [1.807, 2.05) is 20.8 Å². The van der Waals surface area contributed by atoms with Crippen LogP contribution in [-0.4, -0.2) is 75.1 Å². The van der Waals surface area contributed by atoms with E-state index in [0.29, 0.717) is 0 Å². The molecule has 4 heterocycles. The Bertz CT molecular complexity index is 925. The molecule has 10 heteroatoms. The molecule has 0 aromatic carbocycles. The normalized spacial score (nSPS) is 60.1. The van der Waals surface area contributed by atoms with Gasteiger partial charge in [0.15, 0.2) is 11.7 Å². The Balaban J connectivity index is 1.71.